The van der Waals surface area contributed by atoms with Crippen LogP contribution in [0.25, 0.3) is 6.08 Å². The molecule has 0 bridgehead atoms. The first-order chi connectivity index (χ1) is 14.1. The number of amides is 2. The number of rotatable bonds is 7. The van der Waals surface area contributed by atoms with Gasteiger partial charge in [0, 0.05) is 31.8 Å². The summed E-state index contributed by atoms with van der Waals surface area (Å²) in [6.45, 7) is 4.58. The SMILES string of the molecule is CC(NC(=O)/C=C/c1ccccc1)C(=O)NC1CCN(Cc2ccccc2)CC1. The zero-order valence-electron chi connectivity index (χ0n) is 16.9. The van der Waals surface area contributed by atoms with Crippen LogP contribution in [0.4, 0.5) is 0 Å². The van der Waals surface area contributed by atoms with Crippen molar-refractivity contribution in [3.05, 3.63) is 77.9 Å². The minimum absolute atomic E-state index is 0.132. The molecule has 0 radical (unpaired) electrons. The Bertz CT molecular complexity index is 813. The van der Waals surface area contributed by atoms with Gasteiger partial charge in [-0.15, -0.1) is 0 Å². The second kappa shape index (κ2) is 10.6. The minimum Gasteiger partial charge on any atom is -0.351 e. The molecule has 2 aromatic rings. The predicted octanol–water partition coefficient (Wildman–Crippen LogP) is 2.99. The number of hydrogen-bond acceptors (Lipinski definition) is 3. The van der Waals surface area contributed by atoms with E-state index in [9.17, 15) is 9.59 Å². The highest BCUT2D eigenvalue weighted by Gasteiger charge is 2.23. The summed E-state index contributed by atoms with van der Waals surface area (Å²) in [6.07, 6.45) is 5.05. The molecule has 5 heteroatoms. The molecule has 5 nitrogen and oxygen atoms in total. The third-order valence-corrected chi connectivity index (χ3v) is 5.16. The van der Waals surface area contributed by atoms with Crippen LogP contribution in [0.5, 0.6) is 0 Å². The van der Waals surface area contributed by atoms with Crippen LogP contribution < -0.4 is 10.6 Å². The summed E-state index contributed by atoms with van der Waals surface area (Å²) in [4.78, 5) is 26.9. The van der Waals surface area contributed by atoms with Gasteiger partial charge in [-0.1, -0.05) is 60.7 Å². The molecular weight excluding hydrogens is 362 g/mol. The summed E-state index contributed by atoms with van der Waals surface area (Å²) in [7, 11) is 0. The molecule has 1 saturated heterocycles. The van der Waals surface area contributed by atoms with E-state index in [0.717, 1.165) is 38.0 Å². The first kappa shape index (κ1) is 20.8. The fourth-order valence-corrected chi connectivity index (χ4v) is 3.47. The van der Waals surface area contributed by atoms with Gasteiger partial charge in [-0.05, 0) is 37.0 Å². The summed E-state index contributed by atoms with van der Waals surface area (Å²) in [5.41, 5.74) is 2.26. The van der Waals surface area contributed by atoms with E-state index < -0.39 is 6.04 Å². The van der Waals surface area contributed by atoms with E-state index >= 15 is 0 Å². The fourth-order valence-electron chi connectivity index (χ4n) is 3.47. The van der Waals surface area contributed by atoms with Crippen LogP contribution in [0.15, 0.2) is 66.7 Å². The fraction of sp³-hybridized carbons (Fsp3) is 0.333. The lowest BCUT2D eigenvalue weighted by molar-refractivity contribution is -0.127. The van der Waals surface area contributed by atoms with Gasteiger partial charge in [0.05, 0.1) is 0 Å². The van der Waals surface area contributed by atoms with Crippen LogP contribution in [0.2, 0.25) is 0 Å². The first-order valence-corrected chi connectivity index (χ1v) is 10.2. The lowest BCUT2D eigenvalue weighted by atomic mass is 10.0. The van der Waals surface area contributed by atoms with Crippen molar-refractivity contribution in [1.82, 2.24) is 15.5 Å². The van der Waals surface area contributed by atoms with Crippen molar-refractivity contribution in [1.29, 1.82) is 0 Å². The van der Waals surface area contributed by atoms with Crippen molar-refractivity contribution in [3.8, 4) is 0 Å². The van der Waals surface area contributed by atoms with Gasteiger partial charge in [0.25, 0.3) is 0 Å². The molecule has 1 unspecified atom stereocenters. The highest BCUT2D eigenvalue weighted by atomic mass is 16.2. The lowest BCUT2D eigenvalue weighted by Gasteiger charge is -2.32. The molecule has 2 N–H and O–H groups in total. The smallest absolute Gasteiger partial charge is 0.244 e. The van der Waals surface area contributed by atoms with Crippen molar-refractivity contribution in [2.75, 3.05) is 13.1 Å². The predicted molar refractivity (Wildman–Crippen MR) is 116 cm³/mol. The summed E-state index contributed by atoms with van der Waals surface area (Å²) < 4.78 is 0. The number of piperidine rings is 1. The third-order valence-electron chi connectivity index (χ3n) is 5.16. The van der Waals surface area contributed by atoms with E-state index in [2.05, 4.69) is 39.8 Å². The van der Waals surface area contributed by atoms with Gasteiger partial charge in [-0.3, -0.25) is 14.5 Å². The first-order valence-electron chi connectivity index (χ1n) is 10.2. The van der Waals surface area contributed by atoms with Crippen LogP contribution in [-0.4, -0.2) is 41.9 Å². The lowest BCUT2D eigenvalue weighted by Crippen LogP contribution is -2.50. The van der Waals surface area contributed by atoms with E-state index in [4.69, 9.17) is 0 Å². The summed E-state index contributed by atoms with van der Waals surface area (Å²) in [5, 5.41) is 5.81. The Kier molecular flexibility index (Phi) is 7.59. The van der Waals surface area contributed by atoms with Crippen molar-refractivity contribution < 1.29 is 9.59 Å². The zero-order valence-corrected chi connectivity index (χ0v) is 16.9. The van der Waals surface area contributed by atoms with Gasteiger partial charge >= 0.3 is 0 Å². The van der Waals surface area contributed by atoms with Crippen LogP contribution in [0, 0.1) is 0 Å². The maximum atomic E-state index is 12.4. The van der Waals surface area contributed by atoms with E-state index in [1.165, 1.54) is 11.6 Å². The quantitative estimate of drug-likeness (QED) is 0.714. The average molecular weight is 392 g/mol. The molecule has 2 aromatic carbocycles. The largest absolute Gasteiger partial charge is 0.351 e. The van der Waals surface area contributed by atoms with Crippen molar-refractivity contribution in [2.24, 2.45) is 0 Å². The molecule has 152 valence electrons. The second-order valence-corrected chi connectivity index (χ2v) is 7.52. The molecule has 0 saturated carbocycles. The van der Waals surface area contributed by atoms with E-state index in [-0.39, 0.29) is 17.9 Å². The maximum Gasteiger partial charge on any atom is 0.244 e. The number of likely N-dealkylation sites (tertiary alicyclic amines) is 1. The molecule has 0 aliphatic carbocycles. The van der Waals surface area contributed by atoms with E-state index in [0.29, 0.717) is 0 Å². The molecule has 3 rings (SSSR count). The number of nitrogens with one attached hydrogen (secondary N) is 2. The maximum absolute atomic E-state index is 12.4. The Morgan fingerprint density at radius 1 is 1.03 bits per heavy atom. The number of nitrogens with zero attached hydrogens (tertiary/aromatic N) is 1. The number of carbonyl (C=O) groups excluding carboxylic acids is 2. The van der Waals surface area contributed by atoms with Gasteiger partial charge in [0.1, 0.15) is 6.04 Å². The third kappa shape index (κ3) is 6.88. The second-order valence-electron chi connectivity index (χ2n) is 7.52. The standard InChI is InChI=1S/C24H29N3O2/c1-19(25-23(28)13-12-20-8-4-2-5-9-20)24(29)26-22-14-16-27(17-15-22)18-21-10-6-3-7-11-21/h2-13,19,22H,14-18H2,1H3,(H,25,28)(H,26,29)/b13-12+. The number of benzene rings is 2. The number of carbonyl (C=O) groups is 2. The van der Waals surface area contributed by atoms with E-state index in [1.807, 2.05) is 36.4 Å². The summed E-state index contributed by atoms with van der Waals surface area (Å²) in [6, 6.07) is 19.6. The molecule has 1 fully saturated rings. The molecular formula is C24H29N3O2. The molecule has 1 heterocycles. The van der Waals surface area contributed by atoms with Crippen LogP contribution in [-0.2, 0) is 16.1 Å². The summed E-state index contributed by atoms with van der Waals surface area (Å²) >= 11 is 0. The van der Waals surface area contributed by atoms with Gasteiger partial charge < -0.3 is 10.6 Å². The zero-order chi connectivity index (χ0) is 20.5. The van der Waals surface area contributed by atoms with Gasteiger partial charge in [-0.2, -0.15) is 0 Å². The summed E-state index contributed by atoms with van der Waals surface area (Å²) in [5.74, 6) is -0.401. The van der Waals surface area contributed by atoms with Crippen LogP contribution in [0.3, 0.4) is 0 Å². The van der Waals surface area contributed by atoms with Gasteiger partial charge in [0.2, 0.25) is 11.8 Å². The molecule has 1 atom stereocenters. The normalized spacial score (nSPS) is 16.4. The molecule has 1 aliphatic rings. The Morgan fingerprint density at radius 2 is 1.66 bits per heavy atom. The van der Waals surface area contributed by atoms with Crippen LogP contribution >= 0.6 is 0 Å². The van der Waals surface area contributed by atoms with Crippen molar-refractivity contribution in [3.63, 3.8) is 0 Å². The monoisotopic (exact) mass is 391 g/mol. The molecule has 2 amide bonds. The molecule has 29 heavy (non-hydrogen) atoms. The van der Waals surface area contributed by atoms with Crippen LogP contribution in [0.1, 0.15) is 30.9 Å². The number of hydrogen-bond donors (Lipinski definition) is 2. The van der Waals surface area contributed by atoms with Crippen molar-refractivity contribution in [2.45, 2.75) is 38.4 Å². The molecule has 0 aromatic heterocycles. The van der Waals surface area contributed by atoms with Gasteiger partial charge in [-0.25, -0.2) is 0 Å². The Morgan fingerprint density at radius 3 is 2.31 bits per heavy atom. The molecule has 1 aliphatic heterocycles. The highest BCUT2D eigenvalue weighted by molar-refractivity contribution is 5.95. The van der Waals surface area contributed by atoms with Gasteiger partial charge in [0.15, 0.2) is 0 Å². The average Bonchev–Trinajstić information content (AvgIpc) is 2.75. The minimum atomic E-state index is -0.565. The van der Waals surface area contributed by atoms with Crippen molar-refractivity contribution >= 4 is 17.9 Å². The Balaban J connectivity index is 1.38. The van der Waals surface area contributed by atoms with E-state index in [1.54, 1.807) is 13.0 Å². The molecule has 0 spiro atoms. The Labute approximate surface area is 172 Å². The topological polar surface area (TPSA) is 61.4 Å². The highest BCUT2D eigenvalue weighted by Crippen LogP contribution is 2.14. The Hall–Kier alpha value is -2.92.